The van der Waals surface area contributed by atoms with Crippen LogP contribution in [0.1, 0.15) is 26.0 Å². The molecule has 1 aliphatic heterocycles. The quantitative estimate of drug-likeness (QED) is 0.753. The molecule has 1 aromatic carbocycles. The van der Waals surface area contributed by atoms with E-state index in [9.17, 15) is 8.42 Å². The summed E-state index contributed by atoms with van der Waals surface area (Å²) in [4.78, 5) is 11.2. The summed E-state index contributed by atoms with van der Waals surface area (Å²) in [6.45, 7) is 8.13. The van der Waals surface area contributed by atoms with Gasteiger partial charge in [0, 0.05) is 42.3 Å². The molecule has 2 aromatic rings. The van der Waals surface area contributed by atoms with E-state index in [0.29, 0.717) is 18.2 Å². The Bertz CT molecular complexity index is 879. The molecule has 1 fully saturated rings. The predicted octanol–water partition coefficient (Wildman–Crippen LogP) is 2.97. The fraction of sp³-hybridized carbons (Fsp3) is 0.474. The molecule has 1 aliphatic rings. The minimum atomic E-state index is -2.94. The van der Waals surface area contributed by atoms with Crippen molar-refractivity contribution in [3.63, 3.8) is 0 Å². The second kappa shape index (κ2) is 8.12. The lowest BCUT2D eigenvalue weighted by molar-refractivity contribution is 0.602. The van der Waals surface area contributed by atoms with Crippen LogP contribution in [0.15, 0.2) is 30.3 Å². The Balaban J connectivity index is 1.71. The van der Waals surface area contributed by atoms with Crippen LogP contribution in [0, 0.1) is 6.92 Å². The highest BCUT2D eigenvalue weighted by Crippen LogP contribution is 2.22. The van der Waals surface area contributed by atoms with Crippen molar-refractivity contribution in [3.05, 3.63) is 36.0 Å². The molecule has 0 aliphatic carbocycles. The number of nitrogens with zero attached hydrogens (tertiary/aromatic N) is 3. The Labute approximate surface area is 161 Å². The molecule has 1 saturated heterocycles. The monoisotopic (exact) mass is 389 g/mol. The van der Waals surface area contributed by atoms with Crippen LogP contribution < -0.4 is 15.5 Å². The summed E-state index contributed by atoms with van der Waals surface area (Å²) in [5, 5.41) is 6.46. The molecule has 2 heterocycles. The van der Waals surface area contributed by atoms with E-state index in [1.165, 1.54) is 5.69 Å². The molecule has 0 amide bonds. The van der Waals surface area contributed by atoms with Crippen LogP contribution in [0.5, 0.6) is 0 Å². The van der Waals surface area contributed by atoms with Gasteiger partial charge in [0.1, 0.15) is 5.82 Å². The SMILES string of the molecule is CCN(CC)c1ccc(Nc2cc(C)nc(NC3CCS(=O)(=O)C3)n2)cc1. The highest BCUT2D eigenvalue weighted by molar-refractivity contribution is 7.91. The van der Waals surface area contributed by atoms with Crippen molar-refractivity contribution in [2.75, 3.05) is 40.1 Å². The van der Waals surface area contributed by atoms with Crippen molar-refractivity contribution >= 4 is 33.0 Å². The highest BCUT2D eigenvalue weighted by atomic mass is 32.2. The van der Waals surface area contributed by atoms with Gasteiger partial charge in [-0.25, -0.2) is 13.4 Å². The summed E-state index contributed by atoms with van der Waals surface area (Å²) >= 11 is 0. The number of aromatic nitrogens is 2. The van der Waals surface area contributed by atoms with Gasteiger partial charge in [-0.15, -0.1) is 0 Å². The molecule has 3 rings (SSSR count). The summed E-state index contributed by atoms with van der Waals surface area (Å²) in [6.07, 6.45) is 0.592. The van der Waals surface area contributed by atoms with Gasteiger partial charge >= 0.3 is 0 Å². The summed E-state index contributed by atoms with van der Waals surface area (Å²) in [5.41, 5.74) is 2.95. The molecule has 0 bridgehead atoms. The van der Waals surface area contributed by atoms with Gasteiger partial charge in [0.2, 0.25) is 5.95 Å². The van der Waals surface area contributed by atoms with E-state index < -0.39 is 9.84 Å². The maximum absolute atomic E-state index is 11.6. The van der Waals surface area contributed by atoms with Crippen LogP contribution in [0.3, 0.4) is 0 Å². The van der Waals surface area contributed by atoms with Gasteiger partial charge in [0.05, 0.1) is 11.5 Å². The lowest BCUT2D eigenvalue weighted by Gasteiger charge is -2.21. The third-order valence-electron chi connectivity index (χ3n) is 4.69. The lowest BCUT2D eigenvalue weighted by Crippen LogP contribution is -2.22. The van der Waals surface area contributed by atoms with Crippen molar-refractivity contribution in [3.8, 4) is 0 Å². The van der Waals surface area contributed by atoms with Gasteiger partial charge in [-0.2, -0.15) is 4.98 Å². The molecular weight excluding hydrogens is 362 g/mol. The first-order chi connectivity index (χ1) is 12.9. The van der Waals surface area contributed by atoms with Crippen molar-refractivity contribution in [2.24, 2.45) is 0 Å². The third-order valence-corrected chi connectivity index (χ3v) is 6.46. The molecule has 1 atom stereocenters. The van der Waals surface area contributed by atoms with Gasteiger partial charge in [-0.3, -0.25) is 0 Å². The van der Waals surface area contributed by atoms with Crippen LogP contribution in [-0.4, -0.2) is 49.0 Å². The van der Waals surface area contributed by atoms with Gasteiger partial charge < -0.3 is 15.5 Å². The molecule has 27 heavy (non-hydrogen) atoms. The molecule has 1 unspecified atom stereocenters. The molecule has 0 spiro atoms. The van der Waals surface area contributed by atoms with E-state index in [2.05, 4.69) is 51.5 Å². The minimum absolute atomic E-state index is 0.127. The zero-order valence-corrected chi connectivity index (χ0v) is 16.9. The molecular formula is C19H27N5O2S. The Morgan fingerprint density at radius 3 is 2.44 bits per heavy atom. The van der Waals surface area contributed by atoms with Crippen molar-refractivity contribution < 1.29 is 8.42 Å². The van der Waals surface area contributed by atoms with Crippen molar-refractivity contribution in [1.29, 1.82) is 0 Å². The second-order valence-electron chi connectivity index (χ2n) is 6.81. The molecule has 146 valence electrons. The van der Waals surface area contributed by atoms with Crippen LogP contribution >= 0.6 is 0 Å². The van der Waals surface area contributed by atoms with Crippen LogP contribution in [-0.2, 0) is 9.84 Å². The van der Waals surface area contributed by atoms with E-state index in [-0.39, 0.29) is 17.5 Å². The fourth-order valence-corrected chi connectivity index (χ4v) is 4.95. The van der Waals surface area contributed by atoms with E-state index in [0.717, 1.165) is 24.5 Å². The molecule has 1 aromatic heterocycles. The first-order valence-corrected chi connectivity index (χ1v) is 11.2. The summed E-state index contributed by atoms with van der Waals surface area (Å²) < 4.78 is 23.3. The number of nitrogens with one attached hydrogen (secondary N) is 2. The normalized spacial score (nSPS) is 18.3. The molecule has 0 radical (unpaired) electrons. The van der Waals surface area contributed by atoms with Crippen molar-refractivity contribution in [1.82, 2.24) is 9.97 Å². The number of aryl methyl sites for hydroxylation is 1. The van der Waals surface area contributed by atoms with Crippen LogP contribution in [0.4, 0.5) is 23.1 Å². The topological polar surface area (TPSA) is 87.2 Å². The van der Waals surface area contributed by atoms with Crippen molar-refractivity contribution in [2.45, 2.75) is 33.2 Å². The minimum Gasteiger partial charge on any atom is -0.372 e. The van der Waals surface area contributed by atoms with Crippen LogP contribution in [0.25, 0.3) is 0 Å². The number of benzene rings is 1. The maximum atomic E-state index is 11.6. The fourth-order valence-electron chi connectivity index (χ4n) is 3.28. The molecule has 2 N–H and O–H groups in total. The average molecular weight is 390 g/mol. The third kappa shape index (κ3) is 5.09. The number of sulfone groups is 1. The molecule has 0 saturated carbocycles. The van der Waals surface area contributed by atoms with E-state index >= 15 is 0 Å². The predicted molar refractivity (Wildman–Crippen MR) is 111 cm³/mol. The maximum Gasteiger partial charge on any atom is 0.225 e. The van der Waals surface area contributed by atoms with E-state index in [1.54, 1.807) is 0 Å². The first kappa shape index (κ1) is 19.4. The highest BCUT2D eigenvalue weighted by Gasteiger charge is 2.28. The number of hydrogen-bond acceptors (Lipinski definition) is 7. The Morgan fingerprint density at radius 1 is 1.15 bits per heavy atom. The van der Waals surface area contributed by atoms with E-state index in [4.69, 9.17) is 0 Å². The standard InChI is InChI=1S/C19H27N5O2S/c1-4-24(5-2)17-8-6-15(7-9-17)21-18-12-14(3)20-19(23-18)22-16-10-11-27(25,26)13-16/h6-9,12,16H,4-5,10-11,13H2,1-3H3,(H2,20,21,22,23). The van der Waals surface area contributed by atoms with Gasteiger partial charge in [0.15, 0.2) is 9.84 Å². The molecule has 8 heteroatoms. The lowest BCUT2D eigenvalue weighted by atomic mass is 10.2. The Hall–Kier alpha value is -2.35. The van der Waals surface area contributed by atoms with Gasteiger partial charge in [0.25, 0.3) is 0 Å². The number of anilines is 4. The first-order valence-electron chi connectivity index (χ1n) is 9.33. The van der Waals surface area contributed by atoms with Gasteiger partial charge in [-0.05, 0) is 51.5 Å². The Kier molecular flexibility index (Phi) is 5.84. The number of hydrogen-bond donors (Lipinski definition) is 2. The zero-order chi connectivity index (χ0) is 19.4. The zero-order valence-electron chi connectivity index (χ0n) is 16.1. The number of rotatable bonds is 7. The summed E-state index contributed by atoms with van der Waals surface area (Å²) in [7, 11) is -2.94. The van der Waals surface area contributed by atoms with E-state index in [1.807, 2.05) is 25.1 Å². The second-order valence-corrected chi connectivity index (χ2v) is 9.04. The average Bonchev–Trinajstić information content (AvgIpc) is 2.95. The molecule has 7 nitrogen and oxygen atoms in total. The largest absolute Gasteiger partial charge is 0.372 e. The Morgan fingerprint density at radius 2 is 1.85 bits per heavy atom. The summed E-state index contributed by atoms with van der Waals surface area (Å²) in [5.74, 6) is 1.50. The smallest absolute Gasteiger partial charge is 0.225 e. The summed E-state index contributed by atoms with van der Waals surface area (Å²) in [6, 6.07) is 9.98. The van der Waals surface area contributed by atoms with Crippen LogP contribution in [0.2, 0.25) is 0 Å². The van der Waals surface area contributed by atoms with Gasteiger partial charge in [-0.1, -0.05) is 0 Å².